The van der Waals surface area contributed by atoms with Crippen LogP contribution in [0.3, 0.4) is 0 Å². The second kappa shape index (κ2) is 4.00. The third-order valence-electron chi connectivity index (χ3n) is 1.10. The molecule has 0 aromatic carbocycles. The first-order chi connectivity index (χ1) is 6.77. The van der Waals surface area contributed by atoms with Crippen LogP contribution in [0.15, 0.2) is 0 Å². The van der Waals surface area contributed by atoms with Gasteiger partial charge >= 0.3 is 27.6 Å². The number of halogens is 7. The average molecular weight is 280 g/mol. The zero-order valence-corrected chi connectivity index (χ0v) is 7.75. The van der Waals surface area contributed by atoms with Crippen molar-refractivity contribution in [3.8, 4) is 0 Å². The maximum atomic E-state index is 12.2. The fourth-order valence-corrected chi connectivity index (χ4v) is 0.766. The first kappa shape index (κ1) is 15.4. The second-order valence-electron chi connectivity index (χ2n) is 2.38. The minimum absolute atomic E-state index is 2.03. The Morgan fingerprint density at radius 1 is 1.06 bits per heavy atom. The molecule has 16 heavy (non-hydrogen) atoms. The number of rotatable bonds is 5. The average Bonchev–Trinajstić information content (AvgIpc) is 2.00. The van der Waals surface area contributed by atoms with Crippen molar-refractivity contribution in [2.75, 3.05) is 6.67 Å². The van der Waals surface area contributed by atoms with E-state index in [2.05, 4.69) is 0 Å². The Bertz CT molecular complexity index is 349. The van der Waals surface area contributed by atoms with Crippen molar-refractivity contribution in [2.45, 2.75) is 17.5 Å². The lowest BCUT2D eigenvalue weighted by Crippen LogP contribution is -2.52. The Kier molecular flexibility index (Phi) is 3.84. The van der Waals surface area contributed by atoms with Crippen LogP contribution in [-0.2, 0) is 14.9 Å². The molecule has 0 saturated heterocycles. The Balaban J connectivity index is 5.23. The molecule has 12 heteroatoms. The van der Waals surface area contributed by atoms with Crippen molar-refractivity contribution in [1.29, 1.82) is 0 Å². The lowest BCUT2D eigenvalue weighted by Gasteiger charge is -2.26. The van der Waals surface area contributed by atoms with E-state index in [-0.39, 0.29) is 0 Å². The standard InChI is InChI=1S/C4H3F7O4S/c5-1-2(6,7)15-3(8,9)4(10,11)16(12,13)14/h1H2,(H,12,13,14). The van der Waals surface area contributed by atoms with Gasteiger partial charge < -0.3 is 0 Å². The summed E-state index contributed by atoms with van der Waals surface area (Å²) in [7, 11) is -6.70. The summed E-state index contributed by atoms with van der Waals surface area (Å²) in [4.78, 5) is 0. The highest BCUT2D eigenvalue weighted by Gasteiger charge is 2.70. The van der Waals surface area contributed by atoms with Gasteiger partial charge in [-0.15, -0.1) is 0 Å². The van der Waals surface area contributed by atoms with Crippen LogP contribution >= 0.6 is 0 Å². The highest BCUT2D eigenvalue weighted by molar-refractivity contribution is 7.86. The third-order valence-corrected chi connectivity index (χ3v) is 1.98. The summed E-state index contributed by atoms with van der Waals surface area (Å²) in [5, 5.41) is -6.33. The lowest BCUT2D eigenvalue weighted by molar-refractivity contribution is -0.415. The molecule has 0 aliphatic rings. The van der Waals surface area contributed by atoms with Gasteiger partial charge in [0.25, 0.3) is 0 Å². The quantitative estimate of drug-likeness (QED) is 0.614. The third kappa shape index (κ3) is 2.95. The lowest BCUT2D eigenvalue weighted by atomic mass is 10.6. The van der Waals surface area contributed by atoms with Crippen molar-refractivity contribution in [2.24, 2.45) is 0 Å². The molecule has 0 fully saturated rings. The van der Waals surface area contributed by atoms with Gasteiger partial charge in [-0.05, 0) is 0 Å². The SMILES string of the molecule is O=S(=O)(O)C(F)(F)C(F)(F)OC(F)(F)CF. The van der Waals surface area contributed by atoms with E-state index in [1.165, 1.54) is 0 Å². The molecule has 0 aliphatic heterocycles. The Labute approximate surface area is 83.7 Å². The molecule has 0 aromatic rings. The van der Waals surface area contributed by atoms with Crippen molar-refractivity contribution in [1.82, 2.24) is 0 Å². The van der Waals surface area contributed by atoms with Gasteiger partial charge in [0.2, 0.25) is 0 Å². The largest absolute Gasteiger partial charge is 0.460 e. The van der Waals surface area contributed by atoms with E-state index in [1.54, 1.807) is 0 Å². The zero-order valence-electron chi connectivity index (χ0n) is 6.93. The van der Waals surface area contributed by atoms with Crippen LogP contribution in [0.1, 0.15) is 0 Å². The fraction of sp³-hybridized carbons (Fsp3) is 1.00. The van der Waals surface area contributed by atoms with Crippen molar-refractivity contribution >= 4 is 10.1 Å². The molecule has 0 saturated carbocycles. The maximum Gasteiger partial charge on any atom is 0.460 e. The smallest absolute Gasteiger partial charge is 0.281 e. The molecular weight excluding hydrogens is 277 g/mol. The summed E-state index contributed by atoms with van der Waals surface area (Å²) in [6.07, 6.45) is -11.6. The van der Waals surface area contributed by atoms with Crippen LogP contribution in [0.4, 0.5) is 30.7 Å². The maximum absolute atomic E-state index is 12.2. The number of alkyl halides is 7. The van der Waals surface area contributed by atoms with E-state index in [9.17, 15) is 39.2 Å². The molecule has 0 radical (unpaired) electrons. The summed E-state index contributed by atoms with van der Waals surface area (Å²) >= 11 is 0. The Hall–Kier alpha value is -0.620. The minimum atomic E-state index is -6.70. The van der Waals surface area contributed by atoms with Gasteiger partial charge in [0.05, 0.1) is 0 Å². The second-order valence-corrected chi connectivity index (χ2v) is 3.84. The molecule has 0 rings (SSSR count). The fourth-order valence-electron chi connectivity index (χ4n) is 0.424. The van der Waals surface area contributed by atoms with Crippen LogP contribution in [0.2, 0.25) is 0 Å². The molecule has 98 valence electrons. The first-order valence-corrected chi connectivity index (χ1v) is 4.57. The normalized spacial score (nSPS) is 15.2. The highest BCUT2D eigenvalue weighted by Crippen LogP contribution is 2.42. The van der Waals surface area contributed by atoms with Gasteiger partial charge in [0.15, 0.2) is 6.67 Å². The summed E-state index contributed by atoms with van der Waals surface area (Å²) in [6.45, 7) is -2.88. The molecule has 0 atom stereocenters. The van der Waals surface area contributed by atoms with Crippen LogP contribution < -0.4 is 0 Å². The predicted molar refractivity (Wildman–Crippen MR) is 33.4 cm³/mol. The zero-order chi connectivity index (χ0) is 13.4. The molecule has 0 unspecified atom stereocenters. The topological polar surface area (TPSA) is 63.6 Å². The van der Waals surface area contributed by atoms with E-state index >= 15 is 0 Å². The summed E-state index contributed by atoms with van der Waals surface area (Å²) in [5.41, 5.74) is 0. The Morgan fingerprint density at radius 2 is 1.44 bits per heavy atom. The van der Waals surface area contributed by atoms with E-state index in [4.69, 9.17) is 4.55 Å². The molecule has 0 spiro atoms. The van der Waals surface area contributed by atoms with Crippen LogP contribution in [0, 0.1) is 0 Å². The molecule has 0 bridgehead atoms. The van der Waals surface area contributed by atoms with Crippen LogP contribution in [-0.4, -0.2) is 37.1 Å². The van der Waals surface area contributed by atoms with E-state index in [0.717, 1.165) is 0 Å². The van der Waals surface area contributed by atoms with Gasteiger partial charge in [-0.1, -0.05) is 0 Å². The summed E-state index contributed by atoms with van der Waals surface area (Å²) in [6, 6.07) is 0. The van der Waals surface area contributed by atoms with Crippen molar-refractivity contribution < 1.29 is 48.4 Å². The molecule has 0 amide bonds. The van der Waals surface area contributed by atoms with Crippen LogP contribution in [0.25, 0.3) is 0 Å². The van der Waals surface area contributed by atoms with Gasteiger partial charge in [-0.2, -0.15) is 34.8 Å². The van der Waals surface area contributed by atoms with Gasteiger partial charge in [0.1, 0.15) is 0 Å². The number of hydrogen-bond acceptors (Lipinski definition) is 3. The highest BCUT2D eigenvalue weighted by atomic mass is 32.2. The summed E-state index contributed by atoms with van der Waals surface area (Å²) in [5.74, 6) is 0. The van der Waals surface area contributed by atoms with Gasteiger partial charge in [0, 0.05) is 0 Å². The van der Waals surface area contributed by atoms with Gasteiger partial charge in [-0.25, -0.2) is 9.13 Å². The molecule has 0 aromatic heterocycles. The molecular formula is C4H3F7O4S. The predicted octanol–water partition coefficient (Wildman–Crippen LogP) is 1.64. The summed E-state index contributed by atoms with van der Waals surface area (Å²) < 4.78 is 113. The number of hydrogen-bond donors (Lipinski definition) is 1. The van der Waals surface area contributed by atoms with Crippen LogP contribution in [0.5, 0.6) is 0 Å². The minimum Gasteiger partial charge on any atom is -0.281 e. The monoisotopic (exact) mass is 280 g/mol. The van der Waals surface area contributed by atoms with E-state index in [1.807, 2.05) is 4.74 Å². The van der Waals surface area contributed by atoms with E-state index in [0.29, 0.717) is 0 Å². The molecule has 0 aliphatic carbocycles. The Morgan fingerprint density at radius 3 is 1.69 bits per heavy atom. The van der Waals surface area contributed by atoms with E-state index < -0.39 is 34.3 Å². The van der Waals surface area contributed by atoms with Crippen molar-refractivity contribution in [3.05, 3.63) is 0 Å². The molecule has 4 nitrogen and oxygen atoms in total. The first-order valence-electron chi connectivity index (χ1n) is 3.13. The van der Waals surface area contributed by atoms with Gasteiger partial charge in [-0.3, -0.25) is 4.55 Å². The van der Waals surface area contributed by atoms with Crippen molar-refractivity contribution in [3.63, 3.8) is 0 Å². The molecule has 0 heterocycles. The molecule has 1 N–H and O–H groups in total. The number of ether oxygens (including phenoxy) is 1.